The molecule has 0 saturated carbocycles. The van der Waals surface area contributed by atoms with Crippen molar-refractivity contribution in [2.24, 2.45) is 5.92 Å². The van der Waals surface area contributed by atoms with Gasteiger partial charge in [-0.2, -0.15) is 0 Å². The van der Waals surface area contributed by atoms with Crippen molar-refractivity contribution in [3.8, 4) is 0 Å². The van der Waals surface area contributed by atoms with E-state index < -0.39 is 0 Å². The number of rotatable bonds is 0. The van der Waals surface area contributed by atoms with E-state index in [9.17, 15) is 0 Å². The van der Waals surface area contributed by atoms with Crippen LogP contribution in [0, 0.1) is 5.92 Å². The molecule has 2 heteroatoms. The third-order valence-corrected chi connectivity index (χ3v) is 2.96. The predicted octanol–water partition coefficient (Wildman–Crippen LogP) is 0.303. The largest absolute Gasteiger partial charge is 0.362 e. The lowest BCUT2D eigenvalue weighted by atomic mass is 9.86. The van der Waals surface area contributed by atoms with Gasteiger partial charge in [0.1, 0.15) is 5.60 Å². The molecule has 54 valence electrons. The zero-order chi connectivity index (χ0) is 6.60. The fourth-order valence-corrected chi connectivity index (χ4v) is 2.41. The lowest BCUT2D eigenvalue weighted by Gasteiger charge is -2.20. The van der Waals surface area contributed by atoms with Gasteiger partial charge in [0.05, 0.1) is 6.10 Å². The molecule has 2 saturated heterocycles. The van der Waals surface area contributed by atoms with Crippen molar-refractivity contribution in [3.05, 3.63) is 12.2 Å². The maximum absolute atomic E-state index is 5.81. The van der Waals surface area contributed by atoms with E-state index in [0.29, 0.717) is 6.10 Å². The monoisotopic (exact) mass is 137 g/mol. The van der Waals surface area contributed by atoms with Gasteiger partial charge in [0, 0.05) is 19.0 Å². The van der Waals surface area contributed by atoms with Crippen molar-refractivity contribution in [1.82, 2.24) is 5.32 Å². The Kier molecular flexibility index (Phi) is 0.778. The predicted molar refractivity (Wildman–Crippen MR) is 37.7 cm³/mol. The highest BCUT2D eigenvalue weighted by molar-refractivity contribution is 5.23. The summed E-state index contributed by atoms with van der Waals surface area (Å²) in [5, 5.41) is 3.37. The number of ether oxygens (including phenoxy) is 1. The summed E-state index contributed by atoms with van der Waals surface area (Å²) in [7, 11) is 0. The van der Waals surface area contributed by atoms with E-state index in [1.165, 1.54) is 6.42 Å². The lowest BCUT2D eigenvalue weighted by molar-refractivity contribution is 0.0335. The molecule has 3 aliphatic heterocycles. The Hall–Kier alpha value is -0.340. The molecule has 0 aromatic carbocycles. The molecule has 0 radical (unpaired) electrons. The zero-order valence-corrected chi connectivity index (χ0v) is 5.84. The van der Waals surface area contributed by atoms with Gasteiger partial charge in [-0.25, -0.2) is 0 Å². The Morgan fingerprint density at radius 3 is 3.40 bits per heavy atom. The highest BCUT2D eigenvalue weighted by Crippen LogP contribution is 2.44. The second-order valence-electron chi connectivity index (χ2n) is 3.53. The van der Waals surface area contributed by atoms with Crippen LogP contribution in [0.5, 0.6) is 0 Å². The molecule has 0 unspecified atom stereocenters. The summed E-state index contributed by atoms with van der Waals surface area (Å²) < 4.78 is 5.81. The van der Waals surface area contributed by atoms with Gasteiger partial charge in [0.2, 0.25) is 0 Å². The number of hydrogen-bond donors (Lipinski definition) is 1. The van der Waals surface area contributed by atoms with Crippen LogP contribution in [0.2, 0.25) is 0 Å². The van der Waals surface area contributed by atoms with Crippen LogP contribution < -0.4 is 5.32 Å². The average Bonchev–Trinajstić information content (AvgIpc) is 2.48. The summed E-state index contributed by atoms with van der Waals surface area (Å²) >= 11 is 0. The van der Waals surface area contributed by atoms with Gasteiger partial charge in [-0.05, 0) is 6.42 Å². The topological polar surface area (TPSA) is 21.3 Å². The first-order valence-corrected chi connectivity index (χ1v) is 3.97. The fourth-order valence-electron chi connectivity index (χ4n) is 2.41. The van der Waals surface area contributed by atoms with Gasteiger partial charge in [0.25, 0.3) is 0 Å². The van der Waals surface area contributed by atoms with E-state index in [4.69, 9.17) is 4.74 Å². The van der Waals surface area contributed by atoms with E-state index in [1.54, 1.807) is 0 Å². The maximum Gasteiger partial charge on any atom is 0.104 e. The van der Waals surface area contributed by atoms with E-state index in [-0.39, 0.29) is 5.60 Å². The van der Waals surface area contributed by atoms with E-state index in [0.717, 1.165) is 19.0 Å². The van der Waals surface area contributed by atoms with Crippen LogP contribution >= 0.6 is 0 Å². The van der Waals surface area contributed by atoms with Gasteiger partial charge in [-0.15, -0.1) is 0 Å². The quantitative estimate of drug-likeness (QED) is 0.485. The minimum absolute atomic E-state index is 0.130. The summed E-state index contributed by atoms with van der Waals surface area (Å²) in [6.07, 6.45) is 6.16. The molecule has 2 bridgehead atoms. The Balaban J connectivity index is 2.07. The van der Waals surface area contributed by atoms with Crippen molar-refractivity contribution in [2.75, 3.05) is 13.1 Å². The number of fused-ring (bicyclic) bond motifs is 1. The average molecular weight is 137 g/mol. The minimum Gasteiger partial charge on any atom is -0.362 e. The number of hydrogen-bond acceptors (Lipinski definition) is 2. The summed E-state index contributed by atoms with van der Waals surface area (Å²) in [4.78, 5) is 0. The number of nitrogens with one attached hydrogen (secondary N) is 1. The summed E-state index contributed by atoms with van der Waals surface area (Å²) in [6.45, 7) is 2.19. The highest BCUT2D eigenvalue weighted by atomic mass is 16.5. The fraction of sp³-hybridized carbons (Fsp3) is 0.750. The third-order valence-electron chi connectivity index (χ3n) is 2.96. The maximum atomic E-state index is 5.81. The molecule has 0 aromatic rings. The van der Waals surface area contributed by atoms with Gasteiger partial charge >= 0.3 is 0 Å². The summed E-state index contributed by atoms with van der Waals surface area (Å²) in [6, 6.07) is 0. The van der Waals surface area contributed by atoms with Crippen LogP contribution in [0.15, 0.2) is 12.2 Å². The van der Waals surface area contributed by atoms with Crippen molar-refractivity contribution in [1.29, 1.82) is 0 Å². The molecule has 1 spiro atoms. The normalized spacial score (nSPS) is 56.0. The highest BCUT2D eigenvalue weighted by Gasteiger charge is 2.52. The van der Waals surface area contributed by atoms with Crippen LogP contribution in [0.3, 0.4) is 0 Å². The van der Waals surface area contributed by atoms with Gasteiger partial charge in [-0.1, -0.05) is 12.2 Å². The van der Waals surface area contributed by atoms with Gasteiger partial charge in [-0.3, -0.25) is 0 Å². The molecule has 3 atom stereocenters. The standard InChI is InChI=1S/C8H11NO/c1-2-8-5-9-4-6(8)3-7(1)10-8/h1-2,6-7,9H,3-5H2/t6-,7+,8+/m0/s1. The summed E-state index contributed by atoms with van der Waals surface area (Å²) in [5.41, 5.74) is 0.130. The molecule has 0 aliphatic carbocycles. The van der Waals surface area contributed by atoms with E-state index in [2.05, 4.69) is 17.5 Å². The molecule has 10 heavy (non-hydrogen) atoms. The molecular formula is C8H11NO. The molecule has 3 aliphatic rings. The van der Waals surface area contributed by atoms with E-state index in [1.807, 2.05) is 0 Å². The molecular weight excluding hydrogens is 126 g/mol. The zero-order valence-electron chi connectivity index (χ0n) is 5.84. The Morgan fingerprint density at radius 2 is 2.60 bits per heavy atom. The second kappa shape index (κ2) is 1.46. The first-order valence-electron chi connectivity index (χ1n) is 3.97. The Labute approximate surface area is 60.3 Å². The Morgan fingerprint density at radius 1 is 1.60 bits per heavy atom. The smallest absolute Gasteiger partial charge is 0.104 e. The van der Waals surface area contributed by atoms with Crippen molar-refractivity contribution < 1.29 is 4.74 Å². The molecule has 0 amide bonds. The van der Waals surface area contributed by atoms with E-state index >= 15 is 0 Å². The minimum atomic E-state index is 0.130. The molecule has 2 nitrogen and oxygen atoms in total. The van der Waals surface area contributed by atoms with Crippen LogP contribution in [0.4, 0.5) is 0 Å². The molecule has 0 aromatic heterocycles. The van der Waals surface area contributed by atoms with Crippen molar-refractivity contribution in [3.63, 3.8) is 0 Å². The first kappa shape index (κ1) is 5.33. The van der Waals surface area contributed by atoms with Gasteiger partial charge in [0.15, 0.2) is 0 Å². The van der Waals surface area contributed by atoms with Crippen LogP contribution in [-0.2, 0) is 4.74 Å². The van der Waals surface area contributed by atoms with Crippen LogP contribution in [-0.4, -0.2) is 24.8 Å². The van der Waals surface area contributed by atoms with Gasteiger partial charge < -0.3 is 10.1 Å². The Bertz CT molecular complexity index is 201. The van der Waals surface area contributed by atoms with Crippen LogP contribution in [0.1, 0.15) is 6.42 Å². The van der Waals surface area contributed by atoms with Crippen molar-refractivity contribution >= 4 is 0 Å². The second-order valence-corrected chi connectivity index (χ2v) is 3.53. The molecule has 3 heterocycles. The molecule has 3 rings (SSSR count). The third kappa shape index (κ3) is 0.444. The summed E-state index contributed by atoms with van der Waals surface area (Å²) in [5.74, 6) is 0.766. The molecule has 2 fully saturated rings. The van der Waals surface area contributed by atoms with Crippen molar-refractivity contribution in [2.45, 2.75) is 18.1 Å². The molecule has 1 N–H and O–H groups in total. The SMILES string of the molecule is C1=C[C@@]23CNC[C@@H]2C[C@@H]1O3. The lowest BCUT2D eigenvalue weighted by Crippen LogP contribution is -2.31. The first-order chi connectivity index (χ1) is 4.89. The van der Waals surface area contributed by atoms with Crippen LogP contribution in [0.25, 0.3) is 0 Å².